The molecule has 0 aliphatic carbocycles. The summed E-state index contributed by atoms with van der Waals surface area (Å²) in [5, 5.41) is 3.58. The number of hydrogen-bond donors (Lipinski definition) is 2. The van der Waals surface area contributed by atoms with Crippen LogP contribution in [-0.4, -0.2) is 63.7 Å². The first kappa shape index (κ1) is 20.1. The van der Waals surface area contributed by atoms with Crippen molar-refractivity contribution < 1.29 is 17.3 Å². The summed E-state index contributed by atoms with van der Waals surface area (Å²) in [4.78, 5) is 8.35. The molecule has 1 aromatic carbocycles. The lowest BCUT2D eigenvalue weighted by Gasteiger charge is -2.36. The molecule has 0 unspecified atom stereocenters. The minimum Gasteiger partial charge on any atom is -0.370 e. The molecule has 1 fully saturated rings. The molecule has 3 N–H and O–H groups in total. The average molecular weight is 410 g/mol. The summed E-state index contributed by atoms with van der Waals surface area (Å²) in [6.45, 7) is 3.24. The highest BCUT2D eigenvalue weighted by Gasteiger charge is 2.18. The number of nitrogens with zero attached hydrogens (tertiary/aromatic N) is 4. The quantitative estimate of drug-likeness (QED) is 0.385. The molecule has 28 heavy (non-hydrogen) atoms. The number of nitrogens with two attached hydrogens (primary N) is 1. The molecule has 0 amide bonds. The molecule has 0 saturated carbocycles. The highest BCUT2D eigenvalue weighted by molar-refractivity contribution is 7.88. The van der Waals surface area contributed by atoms with Crippen LogP contribution in [-0.2, 0) is 15.8 Å². The molecule has 0 spiro atoms. The van der Waals surface area contributed by atoms with Crippen LogP contribution < -0.4 is 15.4 Å². The second-order valence-corrected chi connectivity index (χ2v) is 8.14. The smallest absolute Gasteiger partial charge is 0.217 e. The van der Waals surface area contributed by atoms with Gasteiger partial charge in [-0.2, -0.15) is 0 Å². The Bertz CT molecular complexity index is 878. The van der Waals surface area contributed by atoms with Crippen molar-refractivity contribution in [3.8, 4) is 0 Å². The van der Waals surface area contributed by atoms with Crippen LogP contribution in [0.2, 0.25) is 0 Å². The van der Waals surface area contributed by atoms with Gasteiger partial charge in [0.1, 0.15) is 17.8 Å². The normalized spacial score (nSPS) is 15.8. The number of benzene rings is 1. The van der Waals surface area contributed by atoms with E-state index >= 15 is 0 Å². The van der Waals surface area contributed by atoms with Gasteiger partial charge in [0.25, 0.3) is 0 Å². The van der Waals surface area contributed by atoms with Gasteiger partial charge in [-0.1, -0.05) is 5.16 Å². The first-order valence-electron chi connectivity index (χ1n) is 8.85. The Kier molecular flexibility index (Phi) is 6.47. The maximum absolute atomic E-state index is 13.0. The van der Waals surface area contributed by atoms with Crippen molar-refractivity contribution in [2.75, 3.05) is 44.2 Å². The van der Waals surface area contributed by atoms with Crippen molar-refractivity contribution in [2.45, 2.75) is 5.75 Å². The Morgan fingerprint density at radius 2 is 1.93 bits per heavy atom. The molecule has 1 aliphatic rings. The van der Waals surface area contributed by atoms with Gasteiger partial charge in [0.05, 0.1) is 12.2 Å². The van der Waals surface area contributed by atoms with Crippen molar-refractivity contribution >= 4 is 21.7 Å². The van der Waals surface area contributed by atoms with E-state index in [4.69, 9.17) is 5.73 Å². The topological polar surface area (TPSA) is 117 Å². The van der Waals surface area contributed by atoms with E-state index in [1.54, 1.807) is 12.1 Å². The monoisotopic (exact) mass is 410 g/mol. The number of halogens is 1. The van der Waals surface area contributed by atoms with Crippen molar-refractivity contribution in [2.24, 2.45) is 10.7 Å². The predicted molar refractivity (Wildman–Crippen MR) is 104 cm³/mol. The third-order valence-electron chi connectivity index (χ3n) is 4.33. The number of piperazine rings is 1. The number of anilines is 1. The molecule has 0 radical (unpaired) electrons. The average Bonchev–Trinajstić information content (AvgIpc) is 3.18. The van der Waals surface area contributed by atoms with Gasteiger partial charge >= 0.3 is 0 Å². The molecule has 1 aliphatic heterocycles. The standard InChI is InChI=1S/C17H23FN6O3S/c18-14-1-3-16(4-2-14)23-8-10-24(11-9-23)17(19)20-6-7-21-28(25,26)13-15-5-12-27-22-15/h1-5,12,21H,6-11,13H2,(H2,19,20). The molecule has 2 aromatic rings. The Morgan fingerprint density at radius 3 is 2.57 bits per heavy atom. The number of aliphatic imine (C=N–C) groups is 1. The third kappa shape index (κ3) is 5.67. The minimum absolute atomic E-state index is 0.149. The second-order valence-electron chi connectivity index (χ2n) is 6.33. The maximum Gasteiger partial charge on any atom is 0.217 e. The Labute approximate surface area is 163 Å². The van der Waals surface area contributed by atoms with Crippen molar-refractivity contribution in [3.63, 3.8) is 0 Å². The Balaban J connectivity index is 1.41. The molecule has 152 valence electrons. The molecule has 0 bridgehead atoms. The van der Waals surface area contributed by atoms with Crippen LogP contribution in [0.15, 0.2) is 46.1 Å². The number of rotatable bonds is 7. The summed E-state index contributed by atoms with van der Waals surface area (Å²) in [5.74, 6) is -0.113. The van der Waals surface area contributed by atoms with E-state index in [0.29, 0.717) is 24.7 Å². The van der Waals surface area contributed by atoms with Crippen LogP contribution in [0, 0.1) is 5.82 Å². The lowest BCUT2D eigenvalue weighted by molar-refractivity contribution is 0.381. The van der Waals surface area contributed by atoms with Gasteiger partial charge in [-0.05, 0) is 24.3 Å². The summed E-state index contributed by atoms with van der Waals surface area (Å²) < 4.78 is 44.0. The van der Waals surface area contributed by atoms with Gasteiger partial charge in [-0.3, -0.25) is 4.99 Å². The molecular weight excluding hydrogens is 387 g/mol. The zero-order chi connectivity index (χ0) is 20.0. The van der Waals surface area contributed by atoms with Gasteiger partial charge in [-0.25, -0.2) is 17.5 Å². The van der Waals surface area contributed by atoms with Gasteiger partial charge < -0.3 is 20.1 Å². The fourth-order valence-corrected chi connectivity index (χ4v) is 3.92. The summed E-state index contributed by atoms with van der Waals surface area (Å²) in [5.41, 5.74) is 7.33. The Morgan fingerprint density at radius 1 is 1.21 bits per heavy atom. The van der Waals surface area contributed by atoms with E-state index in [9.17, 15) is 12.8 Å². The van der Waals surface area contributed by atoms with Crippen LogP contribution in [0.4, 0.5) is 10.1 Å². The molecule has 0 atom stereocenters. The first-order valence-corrected chi connectivity index (χ1v) is 10.5. The fourth-order valence-electron chi connectivity index (χ4n) is 2.87. The van der Waals surface area contributed by atoms with Gasteiger partial charge in [-0.15, -0.1) is 0 Å². The Hall–Kier alpha value is -2.66. The molecule has 1 saturated heterocycles. The molecule has 1 aromatic heterocycles. The second kappa shape index (κ2) is 9.02. The molecule has 9 nitrogen and oxygen atoms in total. The van der Waals surface area contributed by atoms with Crippen LogP contribution in [0.5, 0.6) is 0 Å². The zero-order valence-corrected chi connectivity index (χ0v) is 16.1. The number of hydrogen-bond acceptors (Lipinski definition) is 6. The number of nitrogens with one attached hydrogen (secondary N) is 1. The minimum atomic E-state index is -3.50. The predicted octanol–water partition coefficient (Wildman–Crippen LogP) is 0.370. The van der Waals surface area contributed by atoms with E-state index in [2.05, 4.69) is 24.3 Å². The van der Waals surface area contributed by atoms with E-state index < -0.39 is 10.0 Å². The van der Waals surface area contributed by atoms with Crippen LogP contribution in [0.1, 0.15) is 5.69 Å². The highest BCUT2D eigenvalue weighted by atomic mass is 32.2. The van der Waals surface area contributed by atoms with Crippen molar-refractivity contribution in [1.82, 2.24) is 14.8 Å². The third-order valence-corrected chi connectivity index (χ3v) is 5.65. The summed E-state index contributed by atoms with van der Waals surface area (Å²) in [6, 6.07) is 7.91. The fraction of sp³-hybridized carbons (Fsp3) is 0.412. The maximum atomic E-state index is 13.0. The van der Waals surface area contributed by atoms with Crippen LogP contribution >= 0.6 is 0 Å². The number of sulfonamides is 1. The number of guanidine groups is 1. The largest absolute Gasteiger partial charge is 0.370 e. The van der Waals surface area contributed by atoms with E-state index in [1.807, 2.05) is 4.90 Å². The van der Waals surface area contributed by atoms with Gasteiger partial charge in [0, 0.05) is 44.5 Å². The van der Waals surface area contributed by atoms with Crippen LogP contribution in [0.25, 0.3) is 0 Å². The van der Waals surface area contributed by atoms with E-state index in [1.165, 1.54) is 24.5 Å². The van der Waals surface area contributed by atoms with E-state index in [-0.39, 0.29) is 24.7 Å². The summed E-state index contributed by atoms with van der Waals surface area (Å²) in [7, 11) is -3.50. The summed E-state index contributed by atoms with van der Waals surface area (Å²) >= 11 is 0. The molecule has 3 rings (SSSR count). The van der Waals surface area contributed by atoms with Crippen LogP contribution in [0.3, 0.4) is 0 Å². The summed E-state index contributed by atoms with van der Waals surface area (Å²) in [6.07, 6.45) is 1.33. The van der Waals surface area contributed by atoms with Gasteiger partial charge in [0.15, 0.2) is 5.96 Å². The molecule has 2 heterocycles. The molecular formula is C17H23FN6O3S. The van der Waals surface area contributed by atoms with Crippen molar-refractivity contribution in [3.05, 3.63) is 48.1 Å². The highest BCUT2D eigenvalue weighted by Crippen LogP contribution is 2.16. The van der Waals surface area contributed by atoms with E-state index in [0.717, 1.165) is 18.8 Å². The molecule has 11 heteroatoms. The van der Waals surface area contributed by atoms with Crippen molar-refractivity contribution in [1.29, 1.82) is 0 Å². The SMILES string of the molecule is NC(=NCCNS(=O)(=O)Cc1ccon1)N1CCN(c2ccc(F)cc2)CC1. The van der Waals surface area contributed by atoms with Gasteiger partial charge in [0.2, 0.25) is 10.0 Å². The first-order chi connectivity index (χ1) is 13.4. The lowest BCUT2D eigenvalue weighted by Crippen LogP contribution is -2.51. The zero-order valence-electron chi connectivity index (χ0n) is 15.3. The lowest BCUT2D eigenvalue weighted by atomic mass is 10.2. The number of aromatic nitrogens is 1.